The fourth-order valence-electron chi connectivity index (χ4n) is 2.26. The van der Waals surface area contributed by atoms with E-state index in [9.17, 15) is 9.59 Å². The molecule has 0 unspecified atom stereocenters. The minimum atomic E-state index is -0.318. The van der Waals surface area contributed by atoms with Crippen molar-refractivity contribution in [1.29, 1.82) is 0 Å². The van der Waals surface area contributed by atoms with Crippen LogP contribution in [0.15, 0.2) is 61.2 Å². The Labute approximate surface area is 156 Å². The number of carbonyl (C=O) groups is 2. The van der Waals surface area contributed by atoms with Crippen LogP contribution in [0.1, 0.15) is 22.8 Å². The number of aromatic nitrogens is 3. The molecule has 1 aromatic carbocycles. The maximum absolute atomic E-state index is 12.3. The van der Waals surface area contributed by atoms with Gasteiger partial charge in [0.05, 0.1) is 5.56 Å². The van der Waals surface area contributed by atoms with E-state index in [4.69, 9.17) is 0 Å². The number of amides is 2. The Morgan fingerprint density at radius 1 is 0.926 bits per heavy atom. The first-order chi connectivity index (χ1) is 13.1. The summed E-state index contributed by atoms with van der Waals surface area (Å²) >= 11 is 0. The average molecular weight is 362 g/mol. The van der Waals surface area contributed by atoms with Crippen molar-refractivity contribution in [3.8, 4) is 0 Å². The minimum absolute atomic E-state index is 0.152. The fourth-order valence-corrected chi connectivity index (χ4v) is 2.26. The third kappa shape index (κ3) is 5.33. The van der Waals surface area contributed by atoms with Crippen LogP contribution in [0.25, 0.3) is 0 Å². The molecule has 3 aromatic rings. The van der Waals surface area contributed by atoms with Crippen molar-refractivity contribution in [3.05, 3.63) is 72.3 Å². The van der Waals surface area contributed by atoms with Gasteiger partial charge in [-0.15, -0.1) is 0 Å². The molecule has 0 spiro atoms. The predicted octanol–water partition coefficient (Wildman–Crippen LogP) is 2.69. The molecule has 3 N–H and O–H groups in total. The number of hydrogen-bond donors (Lipinski definition) is 3. The van der Waals surface area contributed by atoms with Crippen molar-refractivity contribution < 1.29 is 9.59 Å². The highest BCUT2D eigenvalue weighted by Gasteiger charge is 2.08. The summed E-state index contributed by atoms with van der Waals surface area (Å²) in [7, 11) is 0. The van der Waals surface area contributed by atoms with Crippen molar-refractivity contribution >= 4 is 29.1 Å². The average Bonchev–Trinajstić information content (AvgIpc) is 2.69. The van der Waals surface area contributed by atoms with Gasteiger partial charge in [-0.1, -0.05) is 6.07 Å². The van der Waals surface area contributed by atoms with E-state index in [-0.39, 0.29) is 11.8 Å². The first kappa shape index (κ1) is 18.0. The van der Waals surface area contributed by atoms with Gasteiger partial charge in [0, 0.05) is 49.6 Å². The molecule has 3 rings (SSSR count). The first-order valence-corrected chi connectivity index (χ1v) is 8.24. The Bertz CT molecular complexity index is 911. The summed E-state index contributed by atoms with van der Waals surface area (Å²) < 4.78 is 0. The first-order valence-electron chi connectivity index (χ1n) is 8.24. The third-order valence-electron chi connectivity index (χ3n) is 3.55. The molecule has 0 bridgehead atoms. The molecule has 0 atom stereocenters. The molecule has 0 aliphatic heterocycles. The number of benzene rings is 1. The van der Waals surface area contributed by atoms with Crippen LogP contribution in [-0.4, -0.2) is 26.8 Å². The lowest BCUT2D eigenvalue weighted by Gasteiger charge is -2.08. The Kier molecular flexibility index (Phi) is 5.68. The zero-order valence-electron chi connectivity index (χ0n) is 14.6. The number of rotatable bonds is 6. The lowest BCUT2D eigenvalue weighted by Crippen LogP contribution is -2.13. The van der Waals surface area contributed by atoms with Crippen LogP contribution in [0.5, 0.6) is 0 Å². The number of pyridine rings is 1. The largest absolute Gasteiger partial charge is 0.350 e. The van der Waals surface area contributed by atoms with Gasteiger partial charge >= 0.3 is 0 Å². The van der Waals surface area contributed by atoms with E-state index in [1.54, 1.807) is 36.7 Å². The summed E-state index contributed by atoms with van der Waals surface area (Å²) in [6, 6.07) is 10.6. The van der Waals surface area contributed by atoms with E-state index < -0.39 is 0 Å². The molecular weight excluding hydrogens is 344 g/mol. The maximum atomic E-state index is 12.3. The molecule has 27 heavy (non-hydrogen) atoms. The van der Waals surface area contributed by atoms with Crippen molar-refractivity contribution in [2.24, 2.45) is 0 Å². The summed E-state index contributed by atoms with van der Waals surface area (Å²) in [5.74, 6) is -0.0442. The topological polar surface area (TPSA) is 109 Å². The lowest BCUT2D eigenvalue weighted by atomic mass is 10.2. The Morgan fingerprint density at radius 3 is 2.19 bits per heavy atom. The standard InChI is InChI=1S/C19H18N6O2/c1-13(26)24-16-4-6-17(7-5-16)25-18(27)15-11-22-19(23-12-15)21-10-14-3-2-8-20-9-14/h2-9,11-12H,10H2,1H3,(H,24,26)(H,25,27)(H,21,22,23). The van der Waals surface area contributed by atoms with Gasteiger partial charge in [0.1, 0.15) is 0 Å². The maximum Gasteiger partial charge on any atom is 0.258 e. The zero-order chi connectivity index (χ0) is 19.1. The summed E-state index contributed by atoms with van der Waals surface area (Å²) in [4.78, 5) is 35.6. The van der Waals surface area contributed by atoms with Crippen molar-refractivity contribution in [2.75, 3.05) is 16.0 Å². The molecule has 8 heteroatoms. The van der Waals surface area contributed by atoms with Crippen molar-refractivity contribution in [1.82, 2.24) is 15.0 Å². The monoisotopic (exact) mass is 362 g/mol. The van der Waals surface area contributed by atoms with Gasteiger partial charge in [-0.2, -0.15) is 0 Å². The van der Waals surface area contributed by atoms with E-state index >= 15 is 0 Å². The van der Waals surface area contributed by atoms with Crippen LogP contribution in [0.4, 0.5) is 17.3 Å². The molecule has 0 saturated heterocycles. The molecule has 8 nitrogen and oxygen atoms in total. The van der Waals surface area contributed by atoms with Gasteiger partial charge in [-0.25, -0.2) is 9.97 Å². The second kappa shape index (κ2) is 8.52. The van der Waals surface area contributed by atoms with E-state index in [2.05, 4.69) is 30.9 Å². The summed E-state index contributed by atoms with van der Waals surface area (Å²) in [5.41, 5.74) is 2.61. The fraction of sp³-hybridized carbons (Fsp3) is 0.105. The van der Waals surface area contributed by atoms with Crippen LogP contribution >= 0.6 is 0 Å². The Balaban J connectivity index is 1.56. The van der Waals surface area contributed by atoms with Crippen LogP contribution in [0.2, 0.25) is 0 Å². The zero-order valence-corrected chi connectivity index (χ0v) is 14.6. The van der Waals surface area contributed by atoms with Gasteiger partial charge in [0.25, 0.3) is 5.91 Å². The second-order valence-corrected chi connectivity index (χ2v) is 5.72. The molecule has 2 amide bonds. The predicted molar refractivity (Wildman–Crippen MR) is 102 cm³/mol. The quantitative estimate of drug-likeness (QED) is 0.622. The summed E-state index contributed by atoms with van der Waals surface area (Å²) in [6.45, 7) is 1.98. The van der Waals surface area contributed by atoms with Crippen LogP contribution in [-0.2, 0) is 11.3 Å². The number of nitrogens with one attached hydrogen (secondary N) is 3. The van der Waals surface area contributed by atoms with Crippen LogP contribution < -0.4 is 16.0 Å². The van der Waals surface area contributed by atoms with E-state index in [1.807, 2.05) is 12.1 Å². The highest BCUT2D eigenvalue weighted by atomic mass is 16.2. The number of hydrogen-bond acceptors (Lipinski definition) is 6. The van der Waals surface area contributed by atoms with E-state index in [1.165, 1.54) is 19.3 Å². The molecule has 2 heterocycles. The Hall–Kier alpha value is -3.81. The summed E-state index contributed by atoms with van der Waals surface area (Å²) in [6.07, 6.45) is 6.38. The SMILES string of the molecule is CC(=O)Nc1ccc(NC(=O)c2cnc(NCc3cccnc3)nc2)cc1. The molecule has 0 fully saturated rings. The molecule has 0 radical (unpaired) electrons. The normalized spacial score (nSPS) is 10.1. The smallest absolute Gasteiger partial charge is 0.258 e. The Morgan fingerprint density at radius 2 is 1.59 bits per heavy atom. The van der Waals surface area contributed by atoms with E-state index in [0.717, 1.165) is 5.56 Å². The number of carbonyl (C=O) groups excluding carboxylic acids is 2. The molecule has 0 aliphatic carbocycles. The third-order valence-corrected chi connectivity index (χ3v) is 3.55. The van der Waals surface area contributed by atoms with Crippen molar-refractivity contribution in [2.45, 2.75) is 13.5 Å². The van der Waals surface area contributed by atoms with Gasteiger partial charge in [0.2, 0.25) is 11.9 Å². The molecule has 136 valence electrons. The highest BCUT2D eigenvalue weighted by Crippen LogP contribution is 2.14. The second-order valence-electron chi connectivity index (χ2n) is 5.72. The molecule has 0 aliphatic rings. The van der Waals surface area contributed by atoms with Crippen LogP contribution in [0.3, 0.4) is 0 Å². The van der Waals surface area contributed by atoms with Gasteiger partial charge < -0.3 is 16.0 Å². The molecule has 0 saturated carbocycles. The number of anilines is 3. The van der Waals surface area contributed by atoms with E-state index in [0.29, 0.717) is 29.4 Å². The lowest BCUT2D eigenvalue weighted by molar-refractivity contribution is -0.114. The highest BCUT2D eigenvalue weighted by molar-refractivity contribution is 6.04. The molecular formula is C19H18N6O2. The number of nitrogens with zero attached hydrogens (tertiary/aromatic N) is 3. The summed E-state index contributed by atoms with van der Waals surface area (Å²) in [5, 5.41) is 8.49. The minimum Gasteiger partial charge on any atom is -0.350 e. The van der Waals surface area contributed by atoms with Crippen molar-refractivity contribution in [3.63, 3.8) is 0 Å². The molecule has 2 aromatic heterocycles. The van der Waals surface area contributed by atoms with Gasteiger partial charge in [-0.05, 0) is 35.9 Å². The van der Waals surface area contributed by atoms with Gasteiger partial charge in [-0.3, -0.25) is 14.6 Å². The van der Waals surface area contributed by atoms with Gasteiger partial charge in [0.15, 0.2) is 0 Å². The van der Waals surface area contributed by atoms with Crippen LogP contribution in [0, 0.1) is 0 Å².